The van der Waals surface area contributed by atoms with E-state index in [1.54, 1.807) is 29.3 Å². The van der Waals surface area contributed by atoms with Crippen LogP contribution in [0.1, 0.15) is 25.0 Å². The quantitative estimate of drug-likeness (QED) is 0.870. The molecule has 1 unspecified atom stereocenters. The number of hydrogen-bond acceptors (Lipinski definition) is 3. The fourth-order valence-corrected chi connectivity index (χ4v) is 2.46. The number of alkyl halides is 1. The highest BCUT2D eigenvalue weighted by atomic mass is 19.1. The van der Waals surface area contributed by atoms with Gasteiger partial charge in [-0.3, -0.25) is 4.79 Å². The van der Waals surface area contributed by atoms with E-state index in [1.807, 2.05) is 19.9 Å². The Morgan fingerprint density at radius 2 is 2.00 bits per heavy atom. The summed E-state index contributed by atoms with van der Waals surface area (Å²) in [6.07, 6.45) is -1.41. The Hall–Kier alpha value is -2.11. The molecule has 0 bridgehead atoms. The van der Waals surface area contributed by atoms with Crippen molar-refractivity contribution in [3.63, 3.8) is 0 Å². The Morgan fingerprint density at radius 3 is 2.57 bits per heavy atom. The molecule has 21 heavy (non-hydrogen) atoms. The Balaban J connectivity index is 2.60. The van der Waals surface area contributed by atoms with E-state index in [9.17, 15) is 9.18 Å². The minimum Gasteiger partial charge on any atom is -0.444 e. The van der Waals surface area contributed by atoms with Crippen LogP contribution >= 0.6 is 0 Å². The predicted molar refractivity (Wildman–Crippen MR) is 79.3 cm³/mol. The number of rotatable bonds is 4. The molecule has 2 rings (SSSR count). The lowest BCUT2D eigenvalue weighted by Gasteiger charge is -2.10. The van der Waals surface area contributed by atoms with Crippen LogP contribution in [0.4, 0.5) is 4.39 Å². The van der Waals surface area contributed by atoms with Gasteiger partial charge in [-0.1, -0.05) is 0 Å². The van der Waals surface area contributed by atoms with Gasteiger partial charge in [0.1, 0.15) is 5.69 Å². The van der Waals surface area contributed by atoms with Crippen LogP contribution in [0, 0.1) is 13.8 Å². The maximum atomic E-state index is 13.1. The summed E-state index contributed by atoms with van der Waals surface area (Å²) < 4.78 is 21.3. The number of halogens is 1. The third-order valence-electron chi connectivity index (χ3n) is 3.35. The first-order valence-corrected chi connectivity index (χ1v) is 6.91. The zero-order valence-corrected chi connectivity index (χ0v) is 13.0. The lowest BCUT2D eigenvalue weighted by Crippen LogP contribution is -2.21. The molecule has 0 N–H and O–H groups in total. The van der Waals surface area contributed by atoms with Gasteiger partial charge in [0.05, 0.1) is 5.69 Å². The molecule has 2 heterocycles. The molecule has 0 amide bonds. The SMILES string of the molecule is CCn1nc(-c2c(C)cc(C)c(=O)n2C)cc1OC(C)F. The normalized spacial score (nSPS) is 12.5. The Kier molecular flexibility index (Phi) is 4.16. The van der Waals surface area contributed by atoms with E-state index in [2.05, 4.69) is 5.10 Å². The molecular weight excluding hydrogens is 273 g/mol. The smallest absolute Gasteiger partial charge is 0.253 e. The van der Waals surface area contributed by atoms with E-state index in [4.69, 9.17) is 4.74 Å². The molecule has 114 valence electrons. The van der Waals surface area contributed by atoms with Gasteiger partial charge in [0.25, 0.3) is 5.56 Å². The monoisotopic (exact) mass is 293 g/mol. The lowest BCUT2D eigenvalue weighted by molar-refractivity contribution is 0.0751. The molecule has 0 saturated carbocycles. The highest BCUT2D eigenvalue weighted by Crippen LogP contribution is 2.26. The van der Waals surface area contributed by atoms with E-state index in [0.29, 0.717) is 29.4 Å². The van der Waals surface area contributed by atoms with Gasteiger partial charge in [0.15, 0.2) is 0 Å². The van der Waals surface area contributed by atoms with Gasteiger partial charge < -0.3 is 9.30 Å². The number of pyridine rings is 1. The maximum absolute atomic E-state index is 13.1. The highest BCUT2D eigenvalue weighted by Gasteiger charge is 2.16. The summed E-state index contributed by atoms with van der Waals surface area (Å²) in [7, 11) is 1.71. The second-order valence-corrected chi connectivity index (χ2v) is 5.07. The summed E-state index contributed by atoms with van der Waals surface area (Å²) in [6.45, 7) is 7.47. The molecule has 0 aliphatic rings. The molecule has 0 spiro atoms. The van der Waals surface area contributed by atoms with Gasteiger partial charge >= 0.3 is 0 Å². The third-order valence-corrected chi connectivity index (χ3v) is 3.35. The first-order chi connectivity index (χ1) is 9.85. The van der Waals surface area contributed by atoms with Crippen molar-refractivity contribution in [3.05, 3.63) is 33.6 Å². The summed E-state index contributed by atoms with van der Waals surface area (Å²) in [5, 5.41) is 4.41. The minimum absolute atomic E-state index is 0.0667. The molecule has 0 aliphatic carbocycles. The molecule has 0 radical (unpaired) electrons. The zero-order valence-electron chi connectivity index (χ0n) is 13.0. The van der Waals surface area contributed by atoms with Crippen LogP contribution in [-0.2, 0) is 13.6 Å². The summed E-state index contributed by atoms with van der Waals surface area (Å²) in [6, 6.07) is 3.50. The number of nitrogens with zero attached hydrogens (tertiary/aromatic N) is 3. The average molecular weight is 293 g/mol. The number of aryl methyl sites for hydroxylation is 3. The Labute approximate surface area is 123 Å². The van der Waals surface area contributed by atoms with Crippen molar-refractivity contribution in [2.75, 3.05) is 0 Å². The van der Waals surface area contributed by atoms with Gasteiger partial charge in [-0.25, -0.2) is 9.07 Å². The van der Waals surface area contributed by atoms with Crippen LogP contribution < -0.4 is 10.3 Å². The van der Waals surface area contributed by atoms with Crippen LogP contribution in [0.25, 0.3) is 11.4 Å². The molecule has 1 atom stereocenters. The number of aromatic nitrogens is 3. The van der Waals surface area contributed by atoms with Gasteiger partial charge in [-0.2, -0.15) is 5.10 Å². The third kappa shape index (κ3) is 2.84. The van der Waals surface area contributed by atoms with Crippen LogP contribution in [0.2, 0.25) is 0 Å². The molecule has 0 aliphatic heterocycles. The van der Waals surface area contributed by atoms with E-state index in [-0.39, 0.29) is 5.56 Å². The minimum atomic E-state index is -1.41. The number of ether oxygens (including phenoxy) is 1. The maximum Gasteiger partial charge on any atom is 0.253 e. The summed E-state index contributed by atoms with van der Waals surface area (Å²) in [5.74, 6) is 0.356. The zero-order chi connectivity index (χ0) is 15.7. The van der Waals surface area contributed by atoms with Crippen molar-refractivity contribution in [1.29, 1.82) is 0 Å². The van der Waals surface area contributed by atoms with Gasteiger partial charge in [0.2, 0.25) is 12.2 Å². The molecule has 6 heteroatoms. The van der Waals surface area contributed by atoms with E-state index in [1.165, 1.54) is 6.92 Å². The first kappa shape index (κ1) is 15.3. The van der Waals surface area contributed by atoms with Crippen molar-refractivity contribution < 1.29 is 9.13 Å². The van der Waals surface area contributed by atoms with Gasteiger partial charge in [-0.15, -0.1) is 0 Å². The fourth-order valence-electron chi connectivity index (χ4n) is 2.46. The van der Waals surface area contributed by atoms with E-state index >= 15 is 0 Å². The Morgan fingerprint density at radius 1 is 1.33 bits per heavy atom. The van der Waals surface area contributed by atoms with Crippen molar-refractivity contribution in [2.45, 2.75) is 40.6 Å². The van der Waals surface area contributed by atoms with Gasteiger partial charge in [-0.05, 0) is 32.4 Å². The van der Waals surface area contributed by atoms with Crippen LogP contribution in [-0.4, -0.2) is 20.7 Å². The predicted octanol–water partition coefficient (Wildman–Crippen LogP) is 2.58. The van der Waals surface area contributed by atoms with Gasteiger partial charge in [0, 0.05) is 32.1 Å². The van der Waals surface area contributed by atoms with Crippen LogP contribution in [0.15, 0.2) is 16.9 Å². The summed E-state index contributed by atoms with van der Waals surface area (Å²) in [4.78, 5) is 12.1. The number of hydrogen-bond donors (Lipinski definition) is 0. The highest BCUT2D eigenvalue weighted by molar-refractivity contribution is 5.60. The van der Waals surface area contributed by atoms with Crippen molar-refractivity contribution in [2.24, 2.45) is 7.05 Å². The molecule has 5 nitrogen and oxygen atoms in total. The second kappa shape index (κ2) is 5.71. The largest absolute Gasteiger partial charge is 0.444 e. The fraction of sp³-hybridized carbons (Fsp3) is 0.467. The van der Waals surface area contributed by atoms with Crippen molar-refractivity contribution >= 4 is 0 Å². The van der Waals surface area contributed by atoms with E-state index in [0.717, 1.165) is 5.56 Å². The molecule has 0 saturated heterocycles. The van der Waals surface area contributed by atoms with Crippen LogP contribution in [0.5, 0.6) is 5.88 Å². The summed E-state index contributed by atoms with van der Waals surface area (Å²) in [5.41, 5.74) is 2.87. The molecule has 2 aromatic heterocycles. The topological polar surface area (TPSA) is 49.0 Å². The van der Waals surface area contributed by atoms with Crippen molar-refractivity contribution in [1.82, 2.24) is 14.3 Å². The van der Waals surface area contributed by atoms with Crippen LogP contribution in [0.3, 0.4) is 0 Å². The summed E-state index contributed by atoms with van der Waals surface area (Å²) >= 11 is 0. The molecule has 0 aromatic carbocycles. The average Bonchev–Trinajstić information content (AvgIpc) is 2.78. The molecule has 2 aromatic rings. The van der Waals surface area contributed by atoms with Crippen molar-refractivity contribution in [3.8, 4) is 17.3 Å². The second-order valence-electron chi connectivity index (χ2n) is 5.07. The molecule has 0 fully saturated rings. The lowest BCUT2D eigenvalue weighted by atomic mass is 10.1. The first-order valence-electron chi connectivity index (χ1n) is 6.91. The molecular formula is C15H20FN3O2. The standard InChI is InChI=1S/C15H20FN3O2/c1-6-19-13(21-11(4)16)8-12(17-19)14-9(2)7-10(3)15(20)18(14)5/h7-8,11H,6H2,1-5H3. The van der Waals surface area contributed by atoms with E-state index < -0.39 is 6.36 Å². The Bertz CT molecular complexity index is 716.